The molecule has 0 saturated carbocycles. The standard InChI is InChI=1S/C11H17O.C2H6/c1-4-6-11-8-9(3)7-10(5-2)12-11;1-2/h7-8H,4-6H2,1-3H3;1-2H3/q+1;. The van der Waals surface area contributed by atoms with Gasteiger partial charge in [0, 0.05) is 12.1 Å². The van der Waals surface area contributed by atoms with Crippen molar-refractivity contribution >= 4 is 0 Å². The number of aryl methyl sites for hydroxylation is 3. The van der Waals surface area contributed by atoms with E-state index in [1.165, 1.54) is 5.56 Å². The van der Waals surface area contributed by atoms with Crippen LogP contribution in [-0.4, -0.2) is 0 Å². The molecule has 1 heterocycles. The van der Waals surface area contributed by atoms with E-state index in [-0.39, 0.29) is 0 Å². The van der Waals surface area contributed by atoms with Crippen LogP contribution in [0.1, 0.15) is 51.2 Å². The second-order valence-corrected chi connectivity index (χ2v) is 3.17. The molecule has 80 valence electrons. The van der Waals surface area contributed by atoms with E-state index in [1.54, 1.807) is 0 Å². The molecule has 0 amide bonds. The van der Waals surface area contributed by atoms with Gasteiger partial charge in [-0.25, -0.2) is 4.42 Å². The molecule has 1 nitrogen and oxygen atoms in total. The maximum absolute atomic E-state index is 5.65. The summed E-state index contributed by atoms with van der Waals surface area (Å²) >= 11 is 0. The van der Waals surface area contributed by atoms with Gasteiger partial charge in [-0.15, -0.1) is 0 Å². The lowest BCUT2D eigenvalue weighted by Crippen LogP contribution is -1.89. The average molecular weight is 195 g/mol. The molecular weight excluding hydrogens is 172 g/mol. The van der Waals surface area contributed by atoms with Gasteiger partial charge in [0.05, 0.1) is 12.8 Å². The van der Waals surface area contributed by atoms with Gasteiger partial charge in [-0.2, -0.15) is 0 Å². The Morgan fingerprint density at radius 1 is 1.07 bits per heavy atom. The Labute approximate surface area is 88.2 Å². The smallest absolute Gasteiger partial charge is 0.218 e. The van der Waals surface area contributed by atoms with Gasteiger partial charge in [-0.1, -0.05) is 27.7 Å². The van der Waals surface area contributed by atoms with Gasteiger partial charge in [0.25, 0.3) is 0 Å². The van der Waals surface area contributed by atoms with Crippen molar-refractivity contribution in [1.82, 2.24) is 0 Å². The summed E-state index contributed by atoms with van der Waals surface area (Å²) in [5.74, 6) is 2.22. The summed E-state index contributed by atoms with van der Waals surface area (Å²) in [5, 5.41) is 0. The molecule has 1 aromatic rings. The Morgan fingerprint density at radius 2 is 1.64 bits per heavy atom. The zero-order valence-corrected chi connectivity index (χ0v) is 10.2. The minimum absolute atomic E-state index is 0.985. The summed E-state index contributed by atoms with van der Waals surface area (Å²) < 4.78 is 5.65. The first-order valence-electron chi connectivity index (χ1n) is 5.68. The predicted octanol–water partition coefficient (Wildman–Crippen LogP) is 4.41. The van der Waals surface area contributed by atoms with E-state index in [0.717, 1.165) is 30.8 Å². The Morgan fingerprint density at radius 3 is 2.14 bits per heavy atom. The fourth-order valence-electron chi connectivity index (χ4n) is 1.32. The van der Waals surface area contributed by atoms with Crippen LogP contribution in [0.15, 0.2) is 16.5 Å². The van der Waals surface area contributed by atoms with Gasteiger partial charge in [-0.05, 0) is 18.9 Å². The van der Waals surface area contributed by atoms with Crippen molar-refractivity contribution < 1.29 is 4.42 Å². The van der Waals surface area contributed by atoms with Crippen LogP contribution in [0.5, 0.6) is 0 Å². The van der Waals surface area contributed by atoms with E-state index < -0.39 is 0 Å². The first-order valence-corrected chi connectivity index (χ1v) is 5.68. The molecule has 0 spiro atoms. The van der Waals surface area contributed by atoms with Crippen molar-refractivity contribution in [3.05, 3.63) is 29.2 Å². The highest BCUT2D eigenvalue weighted by Crippen LogP contribution is 2.11. The predicted molar refractivity (Wildman–Crippen MR) is 62.6 cm³/mol. The SMILES string of the molecule is CC.CCCc1cc(C)cc(CC)[o+]1. The zero-order chi connectivity index (χ0) is 11.0. The van der Waals surface area contributed by atoms with Crippen LogP contribution >= 0.6 is 0 Å². The van der Waals surface area contributed by atoms with Gasteiger partial charge in [0.15, 0.2) is 0 Å². The first-order chi connectivity index (χ1) is 6.76. The maximum atomic E-state index is 5.65. The van der Waals surface area contributed by atoms with E-state index in [9.17, 15) is 0 Å². The Hall–Kier alpha value is -0.850. The highest BCUT2D eigenvalue weighted by atomic mass is 16.3. The van der Waals surface area contributed by atoms with Gasteiger partial charge in [0.1, 0.15) is 0 Å². The summed E-state index contributed by atoms with van der Waals surface area (Å²) in [6.45, 7) is 10.4. The fraction of sp³-hybridized carbons (Fsp3) is 0.615. The van der Waals surface area contributed by atoms with Crippen LogP contribution < -0.4 is 0 Å². The molecular formula is C13H23O+. The third-order valence-electron chi connectivity index (χ3n) is 1.88. The van der Waals surface area contributed by atoms with Crippen LogP contribution in [0, 0.1) is 6.92 Å². The fourth-order valence-corrected chi connectivity index (χ4v) is 1.32. The molecule has 0 aromatic carbocycles. The van der Waals surface area contributed by atoms with Crippen molar-refractivity contribution in [2.24, 2.45) is 0 Å². The van der Waals surface area contributed by atoms with Gasteiger partial charge in [-0.3, -0.25) is 0 Å². The molecule has 14 heavy (non-hydrogen) atoms. The second-order valence-electron chi connectivity index (χ2n) is 3.17. The van der Waals surface area contributed by atoms with Crippen molar-refractivity contribution in [2.75, 3.05) is 0 Å². The molecule has 0 N–H and O–H groups in total. The van der Waals surface area contributed by atoms with Crippen LogP contribution in [0.2, 0.25) is 0 Å². The lowest BCUT2D eigenvalue weighted by atomic mass is 10.2. The van der Waals surface area contributed by atoms with Crippen molar-refractivity contribution in [3.63, 3.8) is 0 Å². The lowest BCUT2D eigenvalue weighted by Gasteiger charge is -1.91. The minimum atomic E-state index is 0.985. The summed E-state index contributed by atoms with van der Waals surface area (Å²) in [5.41, 5.74) is 1.31. The molecule has 0 aliphatic rings. The molecule has 0 saturated heterocycles. The molecule has 0 aliphatic carbocycles. The molecule has 1 rings (SSSR count). The number of hydrogen-bond acceptors (Lipinski definition) is 0. The van der Waals surface area contributed by atoms with E-state index in [1.807, 2.05) is 13.8 Å². The van der Waals surface area contributed by atoms with Gasteiger partial charge < -0.3 is 0 Å². The van der Waals surface area contributed by atoms with Crippen molar-refractivity contribution in [3.8, 4) is 0 Å². The van der Waals surface area contributed by atoms with Crippen LogP contribution in [0.25, 0.3) is 0 Å². The maximum Gasteiger partial charge on any atom is 0.329 e. The first kappa shape index (κ1) is 13.2. The zero-order valence-electron chi connectivity index (χ0n) is 10.2. The minimum Gasteiger partial charge on any atom is -0.218 e. The van der Waals surface area contributed by atoms with Gasteiger partial charge >= 0.3 is 11.5 Å². The molecule has 0 fully saturated rings. The Bertz CT molecular complexity index is 253. The van der Waals surface area contributed by atoms with E-state index in [4.69, 9.17) is 4.42 Å². The van der Waals surface area contributed by atoms with Crippen molar-refractivity contribution in [2.45, 2.75) is 53.9 Å². The molecule has 0 atom stereocenters. The normalized spacial score (nSPS) is 9.21. The third-order valence-corrected chi connectivity index (χ3v) is 1.88. The number of rotatable bonds is 3. The lowest BCUT2D eigenvalue weighted by molar-refractivity contribution is 0.447. The van der Waals surface area contributed by atoms with E-state index in [2.05, 4.69) is 32.9 Å². The molecule has 0 bridgehead atoms. The molecule has 0 radical (unpaired) electrons. The summed E-state index contributed by atoms with van der Waals surface area (Å²) in [4.78, 5) is 0. The Kier molecular flexibility index (Phi) is 7.09. The van der Waals surface area contributed by atoms with E-state index in [0.29, 0.717) is 0 Å². The molecule has 1 heteroatoms. The average Bonchev–Trinajstić information content (AvgIpc) is 2.20. The monoisotopic (exact) mass is 195 g/mol. The largest absolute Gasteiger partial charge is 0.329 e. The summed E-state index contributed by atoms with van der Waals surface area (Å²) in [6, 6.07) is 4.24. The number of hydrogen-bond donors (Lipinski definition) is 0. The molecule has 0 aliphatic heterocycles. The topological polar surface area (TPSA) is 11.3 Å². The third kappa shape index (κ3) is 4.40. The molecule has 1 aromatic heterocycles. The quantitative estimate of drug-likeness (QED) is 0.650. The summed E-state index contributed by atoms with van der Waals surface area (Å²) in [6.07, 6.45) is 3.18. The van der Waals surface area contributed by atoms with Crippen LogP contribution in [-0.2, 0) is 12.8 Å². The highest BCUT2D eigenvalue weighted by Gasteiger charge is 2.11. The van der Waals surface area contributed by atoms with Crippen LogP contribution in [0.4, 0.5) is 0 Å². The highest BCUT2D eigenvalue weighted by molar-refractivity contribution is 5.16. The van der Waals surface area contributed by atoms with Crippen molar-refractivity contribution in [1.29, 1.82) is 0 Å². The Balaban J connectivity index is 0.000000791. The van der Waals surface area contributed by atoms with Gasteiger partial charge in [0.2, 0.25) is 0 Å². The summed E-state index contributed by atoms with van der Waals surface area (Å²) in [7, 11) is 0. The second kappa shape index (κ2) is 7.54. The molecule has 0 unspecified atom stereocenters. The van der Waals surface area contributed by atoms with Crippen LogP contribution in [0.3, 0.4) is 0 Å². The van der Waals surface area contributed by atoms with E-state index >= 15 is 0 Å².